The first kappa shape index (κ1) is 24.8. The number of carbonyl (C=O) groups excluding carboxylic acids is 2. The highest BCUT2D eigenvalue weighted by atomic mass is 35.5. The minimum Gasteiger partial charge on any atom is -0.507 e. The van der Waals surface area contributed by atoms with Gasteiger partial charge in [-0.25, -0.2) is 0 Å². The number of benzene rings is 4. The highest BCUT2D eigenvalue weighted by Gasteiger charge is 2.47. The maximum absolute atomic E-state index is 13.6. The summed E-state index contributed by atoms with van der Waals surface area (Å²) in [6.45, 7) is 8.26. The zero-order valence-electron chi connectivity index (χ0n) is 21.2. The Morgan fingerprint density at radius 1 is 0.892 bits per heavy atom. The number of hydrogen-bond acceptors (Lipinski definition) is 3. The quantitative estimate of drug-likeness (QED) is 0.175. The SMILES string of the molecule is Cc1ccc(N2C(=O)C(=O)/C(=C(\O)c3cccc4ccccc34)C2c2ccc(C(C)(C)C)cc2)cc1Cl. The van der Waals surface area contributed by atoms with E-state index in [-0.39, 0.29) is 16.7 Å². The molecule has 0 radical (unpaired) electrons. The van der Waals surface area contributed by atoms with Crippen molar-refractivity contribution in [3.8, 4) is 0 Å². The highest BCUT2D eigenvalue weighted by Crippen LogP contribution is 2.44. The van der Waals surface area contributed by atoms with Crippen molar-refractivity contribution in [1.82, 2.24) is 0 Å². The van der Waals surface area contributed by atoms with E-state index < -0.39 is 17.7 Å². The number of Topliss-reactive ketones (excluding diaryl/α,β-unsaturated/α-hetero) is 1. The lowest BCUT2D eigenvalue weighted by Gasteiger charge is -2.27. The molecular weight excluding hydrogens is 482 g/mol. The van der Waals surface area contributed by atoms with Crippen LogP contribution >= 0.6 is 11.6 Å². The van der Waals surface area contributed by atoms with E-state index >= 15 is 0 Å². The number of nitrogens with zero attached hydrogens (tertiary/aromatic N) is 1. The molecule has 37 heavy (non-hydrogen) atoms. The van der Waals surface area contributed by atoms with Gasteiger partial charge in [-0.1, -0.05) is 105 Å². The van der Waals surface area contributed by atoms with Crippen LogP contribution in [0.4, 0.5) is 5.69 Å². The third-order valence-corrected chi connectivity index (χ3v) is 7.42. The molecule has 1 aliphatic heterocycles. The maximum Gasteiger partial charge on any atom is 0.300 e. The smallest absolute Gasteiger partial charge is 0.300 e. The summed E-state index contributed by atoms with van der Waals surface area (Å²) in [5.41, 5.74) is 3.72. The van der Waals surface area contributed by atoms with Crippen LogP contribution in [0.15, 0.2) is 90.5 Å². The molecule has 4 nitrogen and oxygen atoms in total. The van der Waals surface area contributed by atoms with Crippen molar-refractivity contribution in [3.05, 3.63) is 118 Å². The Balaban J connectivity index is 1.76. The molecule has 1 saturated heterocycles. The average molecular weight is 510 g/mol. The number of aliphatic hydroxyl groups is 1. The monoisotopic (exact) mass is 509 g/mol. The van der Waals surface area contributed by atoms with E-state index in [1.807, 2.05) is 73.7 Å². The van der Waals surface area contributed by atoms with Crippen LogP contribution < -0.4 is 4.90 Å². The molecule has 4 aromatic carbocycles. The number of anilines is 1. The van der Waals surface area contributed by atoms with Crippen molar-refractivity contribution in [1.29, 1.82) is 0 Å². The summed E-state index contributed by atoms with van der Waals surface area (Å²) in [6, 6.07) is 25.5. The number of carbonyl (C=O) groups is 2. The Bertz CT molecular complexity index is 1570. The molecule has 186 valence electrons. The van der Waals surface area contributed by atoms with Crippen LogP contribution in [-0.4, -0.2) is 16.8 Å². The molecule has 4 aromatic rings. The number of halogens is 1. The van der Waals surface area contributed by atoms with Gasteiger partial charge in [0.2, 0.25) is 0 Å². The predicted molar refractivity (Wildman–Crippen MR) is 150 cm³/mol. The number of amides is 1. The van der Waals surface area contributed by atoms with Crippen LogP contribution in [0.25, 0.3) is 16.5 Å². The van der Waals surface area contributed by atoms with E-state index in [0.717, 1.165) is 27.5 Å². The first-order valence-electron chi connectivity index (χ1n) is 12.2. The molecule has 1 fully saturated rings. The second-order valence-electron chi connectivity index (χ2n) is 10.5. The van der Waals surface area contributed by atoms with Gasteiger partial charge < -0.3 is 5.11 Å². The molecule has 1 N–H and O–H groups in total. The van der Waals surface area contributed by atoms with Crippen molar-refractivity contribution in [2.24, 2.45) is 0 Å². The van der Waals surface area contributed by atoms with E-state index in [4.69, 9.17) is 11.6 Å². The molecular formula is C32H28ClNO3. The summed E-state index contributed by atoms with van der Waals surface area (Å²) in [7, 11) is 0. The lowest BCUT2D eigenvalue weighted by atomic mass is 9.85. The molecule has 5 heteroatoms. The van der Waals surface area contributed by atoms with Gasteiger partial charge in [-0.15, -0.1) is 0 Å². The number of ketones is 1. The molecule has 0 bridgehead atoms. The van der Waals surface area contributed by atoms with Crippen molar-refractivity contribution in [3.63, 3.8) is 0 Å². The van der Waals surface area contributed by atoms with Crippen LogP contribution in [0.1, 0.15) is 49.1 Å². The molecule has 0 aromatic heterocycles. The molecule has 1 aliphatic rings. The summed E-state index contributed by atoms with van der Waals surface area (Å²) in [5, 5.41) is 13.9. The van der Waals surface area contributed by atoms with Gasteiger partial charge in [-0.3, -0.25) is 14.5 Å². The second kappa shape index (κ2) is 9.20. The third-order valence-electron chi connectivity index (χ3n) is 7.02. The minimum atomic E-state index is -0.813. The lowest BCUT2D eigenvalue weighted by Crippen LogP contribution is -2.29. The van der Waals surface area contributed by atoms with Gasteiger partial charge in [0.05, 0.1) is 11.6 Å². The summed E-state index contributed by atoms with van der Waals surface area (Å²) in [5.74, 6) is -1.63. The Morgan fingerprint density at radius 2 is 1.57 bits per heavy atom. The molecule has 0 aliphatic carbocycles. The molecule has 0 saturated carbocycles. The summed E-state index contributed by atoms with van der Waals surface area (Å²) >= 11 is 6.42. The van der Waals surface area contributed by atoms with E-state index in [0.29, 0.717) is 16.3 Å². The molecule has 1 amide bonds. The number of rotatable bonds is 3. The number of aliphatic hydroxyl groups excluding tert-OH is 1. The zero-order chi connectivity index (χ0) is 26.5. The molecule has 1 unspecified atom stereocenters. The van der Waals surface area contributed by atoms with Crippen molar-refractivity contribution in [2.75, 3.05) is 4.90 Å². The second-order valence-corrected chi connectivity index (χ2v) is 10.9. The summed E-state index contributed by atoms with van der Waals surface area (Å²) in [6.07, 6.45) is 0. The topological polar surface area (TPSA) is 57.6 Å². The third kappa shape index (κ3) is 4.32. The van der Waals surface area contributed by atoms with Crippen LogP contribution in [-0.2, 0) is 15.0 Å². The van der Waals surface area contributed by atoms with Gasteiger partial charge in [0.15, 0.2) is 0 Å². The average Bonchev–Trinajstić information content (AvgIpc) is 3.14. The Kier molecular flexibility index (Phi) is 6.17. The van der Waals surface area contributed by atoms with Gasteiger partial charge in [-0.2, -0.15) is 0 Å². The van der Waals surface area contributed by atoms with Crippen LogP contribution in [0.3, 0.4) is 0 Å². The van der Waals surface area contributed by atoms with Crippen molar-refractivity contribution in [2.45, 2.75) is 39.2 Å². The van der Waals surface area contributed by atoms with E-state index in [9.17, 15) is 14.7 Å². The highest BCUT2D eigenvalue weighted by molar-refractivity contribution is 6.52. The molecule has 1 atom stereocenters. The first-order valence-corrected chi connectivity index (χ1v) is 12.6. The zero-order valence-corrected chi connectivity index (χ0v) is 22.0. The van der Waals surface area contributed by atoms with E-state index in [1.54, 1.807) is 18.2 Å². The summed E-state index contributed by atoms with van der Waals surface area (Å²) in [4.78, 5) is 28.5. The van der Waals surface area contributed by atoms with Gasteiger partial charge in [-0.05, 0) is 51.9 Å². The standard InChI is InChI=1S/C32H28ClNO3/c1-19-12-17-23(18-26(19)33)34-28(21-13-15-22(16-14-21)32(2,3)4)27(30(36)31(34)37)29(35)25-11-7-9-20-8-5-6-10-24(20)25/h5-18,28,35H,1-4H3/b29-27-. The number of aryl methyl sites for hydroxylation is 1. The fourth-order valence-electron chi connectivity index (χ4n) is 4.89. The largest absolute Gasteiger partial charge is 0.507 e. The van der Waals surface area contributed by atoms with Gasteiger partial charge >= 0.3 is 0 Å². The van der Waals surface area contributed by atoms with Crippen molar-refractivity contribution < 1.29 is 14.7 Å². The Hall–Kier alpha value is -3.89. The van der Waals surface area contributed by atoms with Gasteiger partial charge in [0.1, 0.15) is 5.76 Å². The van der Waals surface area contributed by atoms with Crippen LogP contribution in [0, 0.1) is 6.92 Å². The Morgan fingerprint density at radius 3 is 2.24 bits per heavy atom. The lowest BCUT2D eigenvalue weighted by molar-refractivity contribution is -0.132. The van der Waals surface area contributed by atoms with Crippen molar-refractivity contribution >= 4 is 45.5 Å². The summed E-state index contributed by atoms with van der Waals surface area (Å²) < 4.78 is 0. The molecule has 1 heterocycles. The van der Waals surface area contributed by atoms with Crippen LogP contribution in [0.2, 0.25) is 5.02 Å². The first-order chi connectivity index (χ1) is 17.6. The number of hydrogen-bond donors (Lipinski definition) is 1. The Labute approximate surface area is 221 Å². The maximum atomic E-state index is 13.6. The fourth-order valence-corrected chi connectivity index (χ4v) is 5.06. The number of fused-ring (bicyclic) bond motifs is 1. The normalized spacial score (nSPS) is 17.5. The van der Waals surface area contributed by atoms with Crippen LogP contribution in [0.5, 0.6) is 0 Å². The van der Waals surface area contributed by atoms with Gasteiger partial charge in [0.25, 0.3) is 11.7 Å². The van der Waals surface area contributed by atoms with E-state index in [2.05, 4.69) is 20.8 Å². The minimum absolute atomic E-state index is 0.0570. The predicted octanol–water partition coefficient (Wildman–Crippen LogP) is 7.73. The molecule has 0 spiro atoms. The fraction of sp³-hybridized carbons (Fsp3) is 0.188. The van der Waals surface area contributed by atoms with E-state index in [1.165, 1.54) is 4.90 Å². The molecule has 5 rings (SSSR count). The van der Waals surface area contributed by atoms with Gasteiger partial charge in [0, 0.05) is 16.3 Å².